The molecule has 2 heterocycles. The van der Waals surface area contributed by atoms with E-state index in [-0.39, 0.29) is 0 Å². The van der Waals surface area contributed by atoms with Crippen molar-refractivity contribution < 1.29 is 4.74 Å². The summed E-state index contributed by atoms with van der Waals surface area (Å²) in [4.78, 5) is 7.40. The number of nitrogens with one attached hydrogen (secondary N) is 1. The van der Waals surface area contributed by atoms with Gasteiger partial charge in [-0.15, -0.1) is 11.3 Å². The summed E-state index contributed by atoms with van der Waals surface area (Å²) in [7, 11) is 1.65. The molecule has 0 unspecified atom stereocenters. The highest BCUT2D eigenvalue weighted by Gasteiger charge is 2.12. The lowest BCUT2D eigenvalue weighted by molar-refractivity contribution is 0.419. The lowest BCUT2D eigenvalue weighted by atomic mass is 10.1. The van der Waals surface area contributed by atoms with E-state index >= 15 is 0 Å². The first-order chi connectivity index (χ1) is 7.90. The molecule has 0 saturated carbocycles. The van der Waals surface area contributed by atoms with Crippen LogP contribution in [0.1, 0.15) is 0 Å². The molecule has 79 valence electrons. The Morgan fingerprint density at radius 2 is 2.38 bits per heavy atom. The van der Waals surface area contributed by atoms with Gasteiger partial charge in [-0.3, -0.25) is 0 Å². The second-order valence-corrected chi connectivity index (χ2v) is 4.24. The summed E-state index contributed by atoms with van der Waals surface area (Å²) in [6.07, 6.45) is 4.80. The predicted octanol–water partition coefficient (Wildman–Crippen LogP) is 3.10. The van der Waals surface area contributed by atoms with Crippen molar-refractivity contribution in [2.75, 3.05) is 7.11 Å². The molecule has 0 atom stereocenters. The molecule has 0 aliphatic carbocycles. The van der Waals surface area contributed by atoms with Gasteiger partial charge in [0.1, 0.15) is 11.2 Å². The first-order valence-corrected chi connectivity index (χ1v) is 5.74. The van der Waals surface area contributed by atoms with Crippen LogP contribution >= 0.6 is 11.3 Å². The van der Waals surface area contributed by atoms with Crippen LogP contribution in [0.4, 0.5) is 0 Å². The Hall–Kier alpha value is -1.81. The molecule has 0 amide bonds. The van der Waals surface area contributed by atoms with Gasteiger partial charge in [0.2, 0.25) is 0 Å². The summed E-state index contributed by atoms with van der Waals surface area (Å²) in [5.41, 5.74) is 2.10. The van der Waals surface area contributed by atoms with E-state index in [4.69, 9.17) is 4.74 Å². The fraction of sp³-hybridized carbons (Fsp3) is 0.0833. The SMILES string of the molecule is COc1[c][nH]c2cccc(-c3nccs3)c12. The summed E-state index contributed by atoms with van der Waals surface area (Å²) in [5, 5.41) is 4.01. The maximum absolute atomic E-state index is 5.30. The second-order valence-electron chi connectivity index (χ2n) is 3.35. The summed E-state index contributed by atoms with van der Waals surface area (Å²) in [6, 6.07) is 6.06. The normalized spacial score (nSPS) is 10.8. The predicted molar refractivity (Wildman–Crippen MR) is 64.8 cm³/mol. The van der Waals surface area contributed by atoms with Crippen molar-refractivity contribution >= 4 is 22.2 Å². The topological polar surface area (TPSA) is 37.9 Å². The third-order valence-electron chi connectivity index (χ3n) is 2.47. The zero-order valence-electron chi connectivity index (χ0n) is 8.65. The van der Waals surface area contributed by atoms with E-state index in [0.29, 0.717) is 0 Å². The van der Waals surface area contributed by atoms with E-state index in [9.17, 15) is 0 Å². The standard InChI is InChI=1S/C12H9N2OS/c1-15-10-7-14-9-4-2-3-8(11(9)10)12-13-5-6-16-12/h2-6,14H,1H3. The molecule has 2 aromatic heterocycles. The van der Waals surface area contributed by atoms with Crippen molar-refractivity contribution in [1.29, 1.82) is 0 Å². The van der Waals surface area contributed by atoms with E-state index in [2.05, 4.69) is 16.2 Å². The number of methoxy groups -OCH3 is 1. The molecule has 1 aromatic carbocycles. The minimum atomic E-state index is 0.737. The van der Waals surface area contributed by atoms with Gasteiger partial charge in [-0.05, 0) is 6.07 Å². The highest BCUT2D eigenvalue weighted by atomic mass is 32.1. The van der Waals surface area contributed by atoms with Crippen molar-refractivity contribution in [3.8, 4) is 16.3 Å². The third kappa shape index (κ3) is 1.31. The molecule has 1 radical (unpaired) electrons. The van der Waals surface area contributed by atoms with Gasteiger partial charge < -0.3 is 9.72 Å². The molecule has 4 heteroatoms. The largest absolute Gasteiger partial charge is 0.494 e. The molecule has 0 saturated heterocycles. The Balaban J connectivity index is 2.35. The molecule has 0 spiro atoms. The van der Waals surface area contributed by atoms with Crippen LogP contribution in [-0.2, 0) is 0 Å². The lowest BCUT2D eigenvalue weighted by Crippen LogP contribution is -1.83. The number of aromatic amines is 1. The Labute approximate surface area is 96.7 Å². The molecule has 1 N–H and O–H groups in total. The fourth-order valence-corrected chi connectivity index (χ4v) is 2.44. The number of aromatic nitrogens is 2. The molecule has 16 heavy (non-hydrogen) atoms. The number of rotatable bonds is 2. The van der Waals surface area contributed by atoms with E-state index in [1.54, 1.807) is 18.4 Å². The summed E-state index contributed by atoms with van der Waals surface area (Å²) < 4.78 is 5.30. The van der Waals surface area contributed by atoms with Gasteiger partial charge in [-0.1, -0.05) is 12.1 Å². The first kappa shape index (κ1) is 9.42. The van der Waals surface area contributed by atoms with Gasteiger partial charge >= 0.3 is 0 Å². The van der Waals surface area contributed by atoms with Gasteiger partial charge in [0.15, 0.2) is 5.75 Å². The molecule has 3 nitrogen and oxygen atoms in total. The maximum atomic E-state index is 5.30. The number of hydrogen-bond donors (Lipinski definition) is 1. The minimum Gasteiger partial charge on any atom is -0.494 e. The molecule has 0 aliphatic rings. The second kappa shape index (κ2) is 3.64. The van der Waals surface area contributed by atoms with Crippen LogP contribution in [0.3, 0.4) is 0 Å². The van der Waals surface area contributed by atoms with Gasteiger partial charge in [-0.25, -0.2) is 4.98 Å². The summed E-state index contributed by atoms with van der Waals surface area (Å²) in [5.74, 6) is 0.737. The first-order valence-electron chi connectivity index (χ1n) is 4.86. The van der Waals surface area contributed by atoms with E-state index in [1.165, 1.54) is 0 Å². The quantitative estimate of drug-likeness (QED) is 0.733. The van der Waals surface area contributed by atoms with Gasteiger partial charge in [0.05, 0.1) is 18.0 Å². The highest BCUT2D eigenvalue weighted by molar-refractivity contribution is 7.13. The number of hydrogen-bond acceptors (Lipinski definition) is 3. The number of fused-ring (bicyclic) bond motifs is 1. The van der Waals surface area contributed by atoms with Crippen LogP contribution < -0.4 is 4.74 Å². The van der Waals surface area contributed by atoms with Crippen molar-refractivity contribution in [3.63, 3.8) is 0 Å². The van der Waals surface area contributed by atoms with Gasteiger partial charge in [0, 0.05) is 17.1 Å². The van der Waals surface area contributed by atoms with Crippen LogP contribution in [0.2, 0.25) is 0 Å². The third-order valence-corrected chi connectivity index (χ3v) is 3.28. The molecular weight excluding hydrogens is 220 g/mol. The van der Waals surface area contributed by atoms with Crippen LogP contribution in [0.5, 0.6) is 5.75 Å². The van der Waals surface area contributed by atoms with Crippen molar-refractivity contribution in [2.45, 2.75) is 0 Å². The number of benzene rings is 1. The Morgan fingerprint density at radius 1 is 1.44 bits per heavy atom. The number of H-pyrrole nitrogens is 1. The lowest BCUT2D eigenvalue weighted by Gasteiger charge is -2.01. The van der Waals surface area contributed by atoms with E-state index < -0.39 is 0 Å². The van der Waals surface area contributed by atoms with Gasteiger partial charge in [-0.2, -0.15) is 0 Å². The van der Waals surface area contributed by atoms with Crippen molar-refractivity contribution in [2.24, 2.45) is 0 Å². The Kier molecular flexibility index (Phi) is 2.15. The fourth-order valence-electron chi connectivity index (χ4n) is 1.78. The van der Waals surface area contributed by atoms with Crippen LogP contribution in [0.15, 0.2) is 29.8 Å². The maximum Gasteiger partial charge on any atom is 0.154 e. The van der Waals surface area contributed by atoms with Crippen molar-refractivity contribution in [1.82, 2.24) is 9.97 Å². The van der Waals surface area contributed by atoms with E-state index in [0.717, 1.165) is 27.2 Å². The minimum absolute atomic E-state index is 0.737. The van der Waals surface area contributed by atoms with Crippen LogP contribution in [0, 0.1) is 6.20 Å². The molecule has 3 rings (SSSR count). The highest BCUT2D eigenvalue weighted by Crippen LogP contribution is 2.35. The molecule has 0 aliphatic heterocycles. The average molecular weight is 229 g/mol. The summed E-state index contributed by atoms with van der Waals surface area (Å²) >= 11 is 1.62. The van der Waals surface area contributed by atoms with Crippen LogP contribution in [-0.4, -0.2) is 17.1 Å². The number of ether oxygens (including phenoxy) is 1. The molecular formula is C12H9N2OS. The van der Waals surface area contributed by atoms with Crippen LogP contribution in [0.25, 0.3) is 21.5 Å². The smallest absolute Gasteiger partial charge is 0.154 e. The van der Waals surface area contributed by atoms with E-state index in [1.807, 2.05) is 29.8 Å². The Bertz CT molecular complexity index is 613. The van der Waals surface area contributed by atoms with Crippen molar-refractivity contribution in [3.05, 3.63) is 36.0 Å². The molecule has 0 fully saturated rings. The molecule has 0 bridgehead atoms. The van der Waals surface area contributed by atoms with Gasteiger partial charge in [0.25, 0.3) is 0 Å². The zero-order chi connectivity index (χ0) is 11.0. The summed E-state index contributed by atoms with van der Waals surface area (Å²) in [6.45, 7) is 0. The number of thiazole rings is 1. The molecule has 3 aromatic rings. The monoisotopic (exact) mass is 229 g/mol. The Morgan fingerprint density at radius 3 is 3.12 bits per heavy atom. The average Bonchev–Trinajstić information content (AvgIpc) is 2.97. The zero-order valence-corrected chi connectivity index (χ0v) is 9.47. The number of nitrogens with zero attached hydrogens (tertiary/aromatic N) is 1.